The molecular formula is C13H17ClO5S. The highest BCUT2D eigenvalue weighted by Gasteiger charge is 2.46. The van der Waals surface area contributed by atoms with Crippen molar-refractivity contribution < 1.29 is 23.0 Å². The summed E-state index contributed by atoms with van der Waals surface area (Å²) >= 11 is 5.95. The monoisotopic (exact) mass is 320 g/mol. The second-order valence-electron chi connectivity index (χ2n) is 4.67. The average molecular weight is 321 g/mol. The number of hydrogen-bond acceptors (Lipinski definition) is 5. The van der Waals surface area contributed by atoms with Gasteiger partial charge in [-0.2, -0.15) is 0 Å². The van der Waals surface area contributed by atoms with Gasteiger partial charge in [-0.15, -0.1) is 0 Å². The van der Waals surface area contributed by atoms with Gasteiger partial charge in [0.2, 0.25) is 5.79 Å². The van der Waals surface area contributed by atoms with Crippen LogP contribution in [0, 0.1) is 0 Å². The Bertz CT molecular complexity index is 574. The van der Waals surface area contributed by atoms with Gasteiger partial charge >= 0.3 is 0 Å². The molecule has 1 heterocycles. The number of rotatable bonds is 5. The molecule has 112 valence electrons. The van der Waals surface area contributed by atoms with E-state index in [9.17, 15) is 13.5 Å². The molecule has 2 rings (SSSR count). The van der Waals surface area contributed by atoms with Crippen molar-refractivity contribution in [2.45, 2.75) is 18.8 Å². The SMILES string of the molecule is CCS(=O)(=O)CC1(c2cccc(Cl)c2)OCC(CO)O1. The van der Waals surface area contributed by atoms with Crippen LogP contribution in [0.1, 0.15) is 12.5 Å². The van der Waals surface area contributed by atoms with Crippen molar-refractivity contribution >= 4 is 21.4 Å². The van der Waals surface area contributed by atoms with Crippen LogP contribution in [0.5, 0.6) is 0 Å². The van der Waals surface area contributed by atoms with Gasteiger partial charge in [-0.25, -0.2) is 8.42 Å². The topological polar surface area (TPSA) is 72.8 Å². The van der Waals surface area contributed by atoms with Gasteiger partial charge in [0.25, 0.3) is 0 Å². The third-order valence-electron chi connectivity index (χ3n) is 3.18. The minimum Gasteiger partial charge on any atom is -0.394 e. The fourth-order valence-corrected chi connectivity index (χ4v) is 3.37. The van der Waals surface area contributed by atoms with Gasteiger partial charge < -0.3 is 14.6 Å². The highest BCUT2D eigenvalue weighted by Crippen LogP contribution is 2.36. The standard InChI is InChI=1S/C13H17ClO5S/c1-2-20(16,17)9-13(18-8-12(7-15)19-13)10-4-3-5-11(14)6-10/h3-6,12,15H,2,7-9H2,1H3. The molecule has 7 heteroatoms. The lowest BCUT2D eigenvalue weighted by Gasteiger charge is -2.28. The second kappa shape index (κ2) is 5.99. The fourth-order valence-electron chi connectivity index (χ4n) is 2.08. The number of ether oxygens (including phenoxy) is 2. The van der Waals surface area contributed by atoms with Crippen LogP contribution in [-0.2, 0) is 25.1 Å². The zero-order valence-electron chi connectivity index (χ0n) is 11.1. The van der Waals surface area contributed by atoms with Crippen LogP contribution in [0.4, 0.5) is 0 Å². The van der Waals surface area contributed by atoms with Gasteiger partial charge in [0, 0.05) is 16.3 Å². The maximum atomic E-state index is 12.0. The van der Waals surface area contributed by atoms with E-state index in [1.165, 1.54) is 0 Å². The van der Waals surface area contributed by atoms with Crippen molar-refractivity contribution in [1.29, 1.82) is 0 Å². The smallest absolute Gasteiger partial charge is 0.209 e. The molecule has 1 aromatic rings. The number of sulfone groups is 1. The first-order chi connectivity index (χ1) is 9.41. The summed E-state index contributed by atoms with van der Waals surface area (Å²) in [6.45, 7) is 1.48. The molecule has 0 radical (unpaired) electrons. The number of aliphatic hydroxyl groups is 1. The molecule has 0 saturated carbocycles. The molecule has 1 aromatic carbocycles. The molecule has 1 N–H and O–H groups in total. The summed E-state index contributed by atoms with van der Waals surface area (Å²) in [6, 6.07) is 6.71. The van der Waals surface area contributed by atoms with Gasteiger partial charge in [0.1, 0.15) is 11.9 Å². The van der Waals surface area contributed by atoms with E-state index in [0.717, 1.165) is 0 Å². The van der Waals surface area contributed by atoms with E-state index < -0.39 is 21.7 Å². The molecule has 0 amide bonds. The number of aliphatic hydroxyl groups excluding tert-OH is 1. The number of halogens is 1. The predicted molar refractivity (Wildman–Crippen MR) is 75.4 cm³/mol. The maximum absolute atomic E-state index is 12.0. The lowest BCUT2D eigenvalue weighted by Crippen LogP contribution is -2.37. The molecular weight excluding hydrogens is 304 g/mol. The normalized spacial score (nSPS) is 26.9. The quantitative estimate of drug-likeness (QED) is 0.886. The summed E-state index contributed by atoms with van der Waals surface area (Å²) in [5.74, 6) is -1.70. The highest BCUT2D eigenvalue weighted by atomic mass is 35.5. The summed E-state index contributed by atoms with van der Waals surface area (Å²) in [7, 11) is -3.33. The average Bonchev–Trinajstić information content (AvgIpc) is 2.83. The summed E-state index contributed by atoms with van der Waals surface area (Å²) in [6.07, 6.45) is -0.541. The first-order valence-electron chi connectivity index (χ1n) is 6.30. The lowest BCUT2D eigenvalue weighted by molar-refractivity contribution is -0.162. The molecule has 2 unspecified atom stereocenters. The molecule has 20 heavy (non-hydrogen) atoms. The molecule has 5 nitrogen and oxygen atoms in total. The molecule has 1 fully saturated rings. The van der Waals surface area contributed by atoms with Gasteiger partial charge in [-0.3, -0.25) is 0 Å². The zero-order valence-corrected chi connectivity index (χ0v) is 12.7. The Morgan fingerprint density at radius 2 is 2.25 bits per heavy atom. The molecule has 1 aliphatic rings. The number of hydrogen-bond donors (Lipinski definition) is 1. The van der Waals surface area contributed by atoms with E-state index >= 15 is 0 Å². The van der Waals surface area contributed by atoms with Crippen molar-refractivity contribution in [2.24, 2.45) is 0 Å². The van der Waals surface area contributed by atoms with Crippen LogP contribution >= 0.6 is 11.6 Å². The van der Waals surface area contributed by atoms with Gasteiger partial charge in [0.05, 0.1) is 13.2 Å². The zero-order chi connectivity index (χ0) is 14.8. The first-order valence-corrected chi connectivity index (χ1v) is 8.50. The Morgan fingerprint density at radius 3 is 2.80 bits per heavy atom. The summed E-state index contributed by atoms with van der Waals surface area (Å²) < 4.78 is 35.2. The van der Waals surface area contributed by atoms with Gasteiger partial charge in [-0.1, -0.05) is 30.7 Å². The third-order valence-corrected chi connectivity index (χ3v) is 5.11. The summed E-state index contributed by atoms with van der Waals surface area (Å²) in [4.78, 5) is 0. The van der Waals surface area contributed by atoms with Crippen molar-refractivity contribution in [2.75, 3.05) is 24.7 Å². The molecule has 2 atom stereocenters. The molecule has 0 spiro atoms. The Labute approximate surface area is 123 Å². The van der Waals surface area contributed by atoms with Crippen molar-refractivity contribution in [1.82, 2.24) is 0 Å². The Hall–Kier alpha value is -0.660. The fraction of sp³-hybridized carbons (Fsp3) is 0.538. The van der Waals surface area contributed by atoms with Crippen LogP contribution in [0.15, 0.2) is 24.3 Å². The molecule has 0 aliphatic carbocycles. The third kappa shape index (κ3) is 3.32. The Morgan fingerprint density at radius 1 is 1.50 bits per heavy atom. The van der Waals surface area contributed by atoms with E-state index in [1.807, 2.05) is 0 Å². The summed E-state index contributed by atoms with van der Waals surface area (Å²) in [5.41, 5.74) is 0.540. The van der Waals surface area contributed by atoms with E-state index in [2.05, 4.69) is 0 Å². The van der Waals surface area contributed by atoms with E-state index in [0.29, 0.717) is 10.6 Å². The van der Waals surface area contributed by atoms with E-state index in [-0.39, 0.29) is 24.7 Å². The van der Waals surface area contributed by atoms with Crippen molar-refractivity contribution in [3.8, 4) is 0 Å². The Kier molecular flexibility index (Phi) is 4.71. The van der Waals surface area contributed by atoms with Crippen LogP contribution in [0.25, 0.3) is 0 Å². The first kappa shape index (κ1) is 15.7. The molecule has 1 saturated heterocycles. The number of benzene rings is 1. The van der Waals surface area contributed by atoms with E-state index in [1.54, 1.807) is 31.2 Å². The summed E-state index contributed by atoms with van der Waals surface area (Å²) in [5, 5.41) is 9.64. The lowest BCUT2D eigenvalue weighted by atomic mass is 10.1. The van der Waals surface area contributed by atoms with E-state index in [4.69, 9.17) is 21.1 Å². The van der Waals surface area contributed by atoms with Crippen LogP contribution in [0.3, 0.4) is 0 Å². The molecule has 0 aromatic heterocycles. The largest absolute Gasteiger partial charge is 0.394 e. The van der Waals surface area contributed by atoms with Crippen LogP contribution in [-0.4, -0.2) is 44.3 Å². The minimum atomic E-state index is -3.33. The van der Waals surface area contributed by atoms with Gasteiger partial charge in [0.15, 0.2) is 9.84 Å². The highest BCUT2D eigenvalue weighted by molar-refractivity contribution is 7.91. The molecule has 0 bridgehead atoms. The second-order valence-corrected chi connectivity index (χ2v) is 7.46. The maximum Gasteiger partial charge on any atom is 0.209 e. The Balaban J connectivity index is 2.40. The predicted octanol–water partition coefficient (Wildman–Crippen LogP) is 1.34. The van der Waals surface area contributed by atoms with Crippen LogP contribution < -0.4 is 0 Å². The van der Waals surface area contributed by atoms with Crippen molar-refractivity contribution in [3.05, 3.63) is 34.9 Å². The van der Waals surface area contributed by atoms with Gasteiger partial charge in [-0.05, 0) is 12.1 Å². The minimum absolute atomic E-state index is 0.00811. The van der Waals surface area contributed by atoms with Crippen LogP contribution in [0.2, 0.25) is 5.02 Å². The molecule has 1 aliphatic heterocycles. The van der Waals surface area contributed by atoms with Crippen molar-refractivity contribution in [3.63, 3.8) is 0 Å².